The fraction of sp³-hybridized carbons (Fsp3) is 0.933. The quantitative estimate of drug-likeness (QED) is 0.722. The van der Waals surface area contributed by atoms with Gasteiger partial charge in [0.25, 0.3) is 0 Å². The van der Waals surface area contributed by atoms with Crippen molar-refractivity contribution in [1.29, 1.82) is 0 Å². The number of carbonyl (C=O) groups is 1. The highest BCUT2D eigenvalue weighted by Crippen LogP contribution is 2.23. The number of nitrogens with two attached hydrogens (primary N) is 1. The minimum Gasteiger partial charge on any atom is -0.444 e. The number of hydrogen-bond acceptors (Lipinski definition) is 4. The normalized spacial score (nSPS) is 25.1. The van der Waals surface area contributed by atoms with Crippen LogP contribution in [-0.4, -0.2) is 36.9 Å². The zero-order valence-electron chi connectivity index (χ0n) is 13.4. The molecule has 0 saturated heterocycles. The van der Waals surface area contributed by atoms with Crippen LogP contribution in [0.25, 0.3) is 0 Å². The molecule has 0 heterocycles. The van der Waals surface area contributed by atoms with E-state index < -0.39 is 5.60 Å². The smallest absolute Gasteiger partial charge is 0.407 e. The maximum atomic E-state index is 11.7. The van der Waals surface area contributed by atoms with E-state index in [4.69, 9.17) is 10.5 Å². The molecule has 118 valence electrons. The molecule has 3 unspecified atom stereocenters. The number of alkyl carbamates (subject to hydrolysis) is 1. The van der Waals surface area contributed by atoms with Crippen LogP contribution in [0.4, 0.5) is 4.79 Å². The molecule has 0 aliphatic heterocycles. The third kappa shape index (κ3) is 6.57. The summed E-state index contributed by atoms with van der Waals surface area (Å²) in [5, 5.41) is 6.39. The Labute approximate surface area is 123 Å². The van der Waals surface area contributed by atoms with Crippen molar-refractivity contribution in [3.63, 3.8) is 0 Å². The lowest BCUT2D eigenvalue weighted by Crippen LogP contribution is -2.48. The minimum atomic E-state index is -0.453. The Bertz CT molecular complexity index is 302. The van der Waals surface area contributed by atoms with Crippen molar-refractivity contribution in [2.45, 2.75) is 71.1 Å². The summed E-state index contributed by atoms with van der Waals surface area (Å²) >= 11 is 0. The molecule has 0 radical (unpaired) electrons. The van der Waals surface area contributed by atoms with Crippen LogP contribution in [-0.2, 0) is 4.74 Å². The molecule has 1 saturated carbocycles. The van der Waals surface area contributed by atoms with Gasteiger partial charge in [-0.15, -0.1) is 0 Å². The van der Waals surface area contributed by atoms with Gasteiger partial charge >= 0.3 is 6.09 Å². The summed E-state index contributed by atoms with van der Waals surface area (Å²) in [6, 6.07) is 0.529. The molecule has 0 aromatic rings. The highest BCUT2D eigenvalue weighted by Gasteiger charge is 2.24. The molecule has 20 heavy (non-hydrogen) atoms. The molecular weight excluding hydrogens is 254 g/mol. The minimum absolute atomic E-state index is 0.0465. The second-order valence-electron chi connectivity index (χ2n) is 6.84. The number of ether oxygens (including phenoxy) is 1. The zero-order valence-corrected chi connectivity index (χ0v) is 13.4. The van der Waals surface area contributed by atoms with Gasteiger partial charge < -0.3 is 21.1 Å². The van der Waals surface area contributed by atoms with Crippen LogP contribution in [0, 0.1) is 5.92 Å². The van der Waals surface area contributed by atoms with E-state index in [1.807, 2.05) is 27.7 Å². The molecule has 0 spiro atoms. The van der Waals surface area contributed by atoms with Crippen molar-refractivity contribution in [2.75, 3.05) is 13.1 Å². The summed E-state index contributed by atoms with van der Waals surface area (Å²) in [6.07, 6.45) is 4.59. The highest BCUT2D eigenvalue weighted by atomic mass is 16.6. The van der Waals surface area contributed by atoms with Gasteiger partial charge in [0.1, 0.15) is 5.60 Å². The van der Waals surface area contributed by atoms with Crippen LogP contribution in [0.5, 0.6) is 0 Å². The molecular formula is C15H31N3O2. The lowest BCUT2D eigenvalue weighted by atomic mass is 9.84. The highest BCUT2D eigenvalue weighted by molar-refractivity contribution is 5.68. The van der Waals surface area contributed by atoms with Gasteiger partial charge in [-0.05, 0) is 53.0 Å². The van der Waals surface area contributed by atoms with E-state index in [9.17, 15) is 4.79 Å². The number of nitrogens with one attached hydrogen (secondary N) is 2. The van der Waals surface area contributed by atoms with E-state index in [0.29, 0.717) is 12.0 Å². The van der Waals surface area contributed by atoms with E-state index in [0.717, 1.165) is 13.1 Å². The van der Waals surface area contributed by atoms with Gasteiger partial charge in [-0.3, -0.25) is 0 Å². The monoisotopic (exact) mass is 285 g/mol. The summed E-state index contributed by atoms with van der Waals surface area (Å²) in [5.41, 5.74) is 5.37. The second-order valence-corrected chi connectivity index (χ2v) is 6.84. The summed E-state index contributed by atoms with van der Waals surface area (Å²) in [7, 11) is 0. The van der Waals surface area contributed by atoms with E-state index in [1.54, 1.807) is 0 Å². The fourth-order valence-electron chi connectivity index (χ4n) is 2.65. The van der Waals surface area contributed by atoms with Gasteiger partial charge in [-0.25, -0.2) is 4.79 Å². The predicted molar refractivity (Wildman–Crippen MR) is 81.6 cm³/mol. The lowest BCUT2D eigenvalue weighted by Gasteiger charge is -2.32. The first kappa shape index (κ1) is 17.2. The van der Waals surface area contributed by atoms with Gasteiger partial charge in [0.2, 0.25) is 0 Å². The third-order valence-corrected chi connectivity index (χ3v) is 3.66. The largest absolute Gasteiger partial charge is 0.444 e. The number of rotatable bonds is 5. The lowest BCUT2D eigenvalue weighted by molar-refractivity contribution is 0.0506. The van der Waals surface area contributed by atoms with Crippen LogP contribution in [0.1, 0.15) is 53.4 Å². The van der Waals surface area contributed by atoms with Crippen LogP contribution < -0.4 is 16.4 Å². The Morgan fingerprint density at radius 1 is 1.35 bits per heavy atom. The molecule has 0 bridgehead atoms. The Morgan fingerprint density at radius 3 is 2.60 bits per heavy atom. The van der Waals surface area contributed by atoms with Gasteiger partial charge in [-0.2, -0.15) is 0 Å². The maximum Gasteiger partial charge on any atom is 0.407 e. The Balaban J connectivity index is 2.28. The summed E-state index contributed by atoms with van der Waals surface area (Å²) in [4.78, 5) is 11.7. The Kier molecular flexibility index (Phi) is 6.76. The van der Waals surface area contributed by atoms with Crippen molar-refractivity contribution in [3.8, 4) is 0 Å². The summed E-state index contributed by atoms with van der Waals surface area (Å²) in [6.45, 7) is 9.07. The molecule has 1 aliphatic carbocycles. The molecule has 1 amide bonds. The third-order valence-electron chi connectivity index (χ3n) is 3.66. The van der Waals surface area contributed by atoms with E-state index >= 15 is 0 Å². The van der Waals surface area contributed by atoms with E-state index in [-0.39, 0.29) is 12.1 Å². The number of amides is 1. The maximum absolute atomic E-state index is 11.7. The molecule has 0 aromatic carbocycles. The van der Waals surface area contributed by atoms with Crippen LogP contribution in [0.15, 0.2) is 0 Å². The molecule has 4 N–H and O–H groups in total. The van der Waals surface area contributed by atoms with Crippen molar-refractivity contribution in [3.05, 3.63) is 0 Å². The molecule has 5 heteroatoms. The van der Waals surface area contributed by atoms with Gasteiger partial charge in [-0.1, -0.05) is 12.8 Å². The molecule has 3 atom stereocenters. The van der Waals surface area contributed by atoms with Gasteiger partial charge in [0.05, 0.1) is 0 Å². The molecule has 0 aromatic heterocycles. The van der Waals surface area contributed by atoms with Gasteiger partial charge in [0, 0.05) is 18.6 Å². The number of carbonyl (C=O) groups excluding carboxylic acids is 1. The average Bonchev–Trinajstić information content (AvgIpc) is 2.34. The fourth-order valence-corrected chi connectivity index (χ4v) is 2.65. The molecule has 1 fully saturated rings. The first-order valence-corrected chi connectivity index (χ1v) is 7.75. The van der Waals surface area contributed by atoms with Crippen molar-refractivity contribution in [2.24, 2.45) is 11.7 Å². The Morgan fingerprint density at radius 2 is 2.00 bits per heavy atom. The predicted octanol–water partition coefficient (Wildman–Crippen LogP) is 2.01. The molecule has 1 aliphatic rings. The van der Waals surface area contributed by atoms with E-state index in [1.165, 1.54) is 25.7 Å². The second kappa shape index (κ2) is 7.84. The van der Waals surface area contributed by atoms with Crippen LogP contribution >= 0.6 is 0 Å². The SMILES string of the molecule is CC(CNC1CCCCC1CN)NC(=O)OC(C)(C)C. The zero-order chi connectivity index (χ0) is 15.2. The summed E-state index contributed by atoms with van der Waals surface area (Å²) < 4.78 is 5.24. The van der Waals surface area contributed by atoms with Crippen LogP contribution in [0.3, 0.4) is 0 Å². The van der Waals surface area contributed by atoms with Crippen molar-refractivity contribution >= 4 is 6.09 Å². The first-order chi connectivity index (χ1) is 9.31. The Hall–Kier alpha value is -0.810. The van der Waals surface area contributed by atoms with Crippen molar-refractivity contribution in [1.82, 2.24) is 10.6 Å². The average molecular weight is 285 g/mol. The van der Waals surface area contributed by atoms with Crippen LogP contribution in [0.2, 0.25) is 0 Å². The molecule has 5 nitrogen and oxygen atoms in total. The standard InChI is InChI=1S/C15H31N3O2/c1-11(18-14(19)20-15(2,3)4)10-17-13-8-6-5-7-12(13)9-16/h11-13,17H,5-10,16H2,1-4H3,(H,18,19). The molecule has 1 rings (SSSR count). The van der Waals surface area contributed by atoms with E-state index in [2.05, 4.69) is 10.6 Å². The first-order valence-electron chi connectivity index (χ1n) is 7.75. The topological polar surface area (TPSA) is 76.4 Å². The van der Waals surface area contributed by atoms with Gasteiger partial charge in [0.15, 0.2) is 0 Å². The number of hydrogen-bond donors (Lipinski definition) is 3. The summed E-state index contributed by atoms with van der Waals surface area (Å²) in [5.74, 6) is 0.567. The van der Waals surface area contributed by atoms with Crippen molar-refractivity contribution < 1.29 is 9.53 Å².